The van der Waals surface area contributed by atoms with E-state index in [2.05, 4.69) is 39.7 Å². The van der Waals surface area contributed by atoms with Crippen LogP contribution in [-0.2, 0) is 9.16 Å². The van der Waals surface area contributed by atoms with Gasteiger partial charge in [0.15, 0.2) is 6.54 Å². The van der Waals surface area contributed by atoms with E-state index in [-0.39, 0.29) is 0 Å². The Morgan fingerprint density at radius 2 is 1.88 bits per heavy atom. The summed E-state index contributed by atoms with van der Waals surface area (Å²) in [7, 11) is 6.37. The van der Waals surface area contributed by atoms with Gasteiger partial charge in [-0.2, -0.15) is 0 Å². The number of hydrogen-bond acceptors (Lipinski definition) is 1. The molecule has 0 fully saturated rings. The normalized spacial score (nSPS) is 15.9. The van der Waals surface area contributed by atoms with Crippen LogP contribution in [0, 0.1) is 12.3 Å². The Labute approximate surface area is 148 Å². The predicted molar refractivity (Wildman–Crippen MR) is 98.9 cm³/mol. The Morgan fingerprint density at radius 3 is 2.54 bits per heavy atom. The number of unbranched alkanes of at least 4 members (excludes halogenated alkanes) is 5. The van der Waals surface area contributed by atoms with Crippen LogP contribution < -0.4 is 0 Å². The van der Waals surface area contributed by atoms with Gasteiger partial charge in [-0.05, 0) is 12.0 Å². The van der Waals surface area contributed by atoms with Crippen molar-refractivity contribution in [1.82, 2.24) is 0 Å². The first-order valence-electron chi connectivity index (χ1n) is 9.01. The number of quaternary nitrogens is 1. The molecule has 0 bridgehead atoms. The number of rotatable bonds is 11. The second kappa shape index (κ2) is 10.9. The second-order valence-electron chi connectivity index (χ2n) is 7.18. The van der Waals surface area contributed by atoms with Crippen molar-refractivity contribution < 1.29 is 13.6 Å². The van der Waals surface area contributed by atoms with Gasteiger partial charge in [0.05, 0.1) is 33.8 Å². The van der Waals surface area contributed by atoms with E-state index in [0.29, 0.717) is 30.3 Å². The van der Waals surface area contributed by atoms with Crippen LogP contribution in [0.3, 0.4) is 0 Å². The summed E-state index contributed by atoms with van der Waals surface area (Å²) in [5.41, 5.74) is 3.71. The number of ketones is 1. The van der Waals surface area contributed by atoms with Gasteiger partial charge < -0.3 is 15.6 Å². The molecule has 0 atom stereocenters. The molecule has 132 valence electrons. The Morgan fingerprint density at radius 1 is 1.17 bits per heavy atom. The third-order valence-corrected chi connectivity index (χ3v) is 3.80. The molecule has 0 heterocycles. The minimum Gasteiger partial charge on any atom is -0.488 e. The Balaban J connectivity index is 2.45. The maximum absolute atomic E-state index is 7.44. The highest BCUT2D eigenvalue weighted by atomic mass is 16.5. The van der Waals surface area contributed by atoms with E-state index in [9.17, 15) is 0 Å². The lowest BCUT2D eigenvalue weighted by molar-refractivity contribution is -0.877. The lowest BCUT2D eigenvalue weighted by Gasteiger charge is -2.20. The van der Waals surface area contributed by atoms with Gasteiger partial charge in [-0.3, -0.25) is 10.3 Å². The third-order valence-electron chi connectivity index (χ3n) is 3.80. The van der Waals surface area contributed by atoms with Gasteiger partial charge in [0.1, 0.15) is 5.76 Å². The monoisotopic (exact) mass is 330 g/mol. The van der Waals surface area contributed by atoms with E-state index in [1.165, 1.54) is 32.1 Å². The molecule has 24 heavy (non-hydrogen) atoms. The van der Waals surface area contributed by atoms with Crippen molar-refractivity contribution in [1.29, 1.82) is 0 Å². The van der Waals surface area contributed by atoms with Crippen LogP contribution >= 0.6 is 0 Å². The number of likely N-dealkylation sites (N-methyl/N-ethyl adjacent to an activating group) is 1. The average molecular weight is 330 g/mol. The van der Waals surface area contributed by atoms with Crippen LogP contribution in [0.4, 0.5) is 0 Å². The smallest absolute Gasteiger partial charge is 0.309 e. The van der Waals surface area contributed by atoms with Crippen molar-refractivity contribution in [3.05, 3.63) is 35.6 Å². The molecule has 0 amide bonds. The maximum atomic E-state index is 7.44. The van der Waals surface area contributed by atoms with Gasteiger partial charge in [-0.25, -0.2) is 0 Å². The van der Waals surface area contributed by atoms with Crippen LogP contribution in [0.2, 0.25) is 0 Å². The molecule has 0 saturated carbocycles. The van der Waals surface area contributed by atoms with Gasteiger partial charge in [-0.1, -0.05) is 50.8 Å². The summed E-state index contributed by atoms with van der Waals surface area (Å²) < 4.78 is 12.3. The van der Waals surface area contributed by atoms with E-state index >= 15 is 0 Å². The molecule has 0 unspecified atom stereocenters. The minimum absolute atomic E-state index is 0.601. The molecule has 0 spiro atoms. The van der Waals surface area contributed by atoms with E-state index in [1.807, 2.05) is 0 Å². The molecule has 1 aliphatic rings. The number of carbonyl (C=O) groups excluding carboxylic acids is 1. The van der Waals surface area contributed by atoms with Gasteiger partial charge >= 0.3 is 6.61 Å². The largest absolute Gasteiger partial charge is 0.488 e. The van der Waals surface area contributed by atoms with Crippen molar-refractivity contribution in [3.8, 4) is 5.92 Å². The van der Waals surface area contributed by atoms with E-state index < -0.39 is 0 Å². The summed E-state index contributed by atoms with van der Waals surface area (Å²) in [6.45, 7) is 4.42. The molecule has 0 aromatic carbocycles. The lowest BCUT2D eigenvalue weighted by Crippen LogP contribution is -2.37. The fraction of sp³-hybridized carbons (Fsp3) is 0.619. The Kier molecular flexibility index (Phi) is 9.23. The molecule has 3 heteroatoms. The fourth-order valence-corrected chi connectivity index (χ4v) is 2.25. The molecule has 0 aromatic rings. The molecule has 0 aliphatic heterocycles. The zero-order valence-corrected chi connectivity index (χ0v) is 15.8. The number of nitrogens with zero attached hydrogens (tertiary/aromatic N) is 1. The lowest BCUT2D eigenvalue weighted by atomic mass is 10.1. The van der Waals surface area contributed by atoms with Crippen LogP contribution in [0.1, 0.15) is 45.4 Å². The zero-order valence-electron chi connectivity index (χ0n) is 15.8. The van der Waals surface area contributed by atoms with E-state index in [1.54, 1.807) is 12.2 Å². The van der Waals surface area contributed by atoms with Gasteiger partial charge in [0.2, 0.25) is 0 Å². The fourth-order valence-electron chi connectivity index (χ4n) is 2.25. The zero-order chi connectivity index (χ0) is 17.8. The number of hydrogen-bond donors (Lipinski definition) is 0. The first-order valence-corrected chi connectivity index (χ1v) is 9.01. The highest BCUT2D eigenvalue weighted by Gasteiger charge is 2.14. The van der Waals surface area contributed by atoms with E-state index in [0.717, 1.165) is 17.4 Å². The SMILES string of the molecule is [C-]#CC1=CC(OCCCCCCCC)=C=CC1=[O+]CC[N+](C)(C)C. The van der Waals surface area contributed by atoms with Gasteiger partial charge in [0, 0.05) is 0 Å². The highest BCUT2D eigenvalue weighted by molar-refractivity contribution is 6.08. The van der Waals surface area contributed by atoms with Crippen molar-refractivity contribution in [2.75, 3.05) is 40.9 Å². The van der Waals surface area contributed by atoms with Crippen LogP contribution in [0.5, 0.6) is 0 Å². The molecule has 3 nitrogen and oxygen atoms in total. The Bertz CT molecular complexity index is 549. The Hall–Kier alpha value is -1.75. The standard InChI is InChI=1S/C21H32NO2/c1-6-8-9-10-11-12-16-23-20-13-14-21(19(7-2)18-20)24-17-15-22(3,4)5/h14,18H,6,8-12,15-17H2,1,3-5H3/q+1. The number of allylic oxidation sites excluding steroid dienone is 2. The van der Waals surface area contributed by atoms with Crippen LogP contribution in [0.15, 0.2) is 29.2 Å². The maximum Gasteiger partial charge on any atom is 0.309 e. The first-order chi connectivity index (χ1) is 11.5. The third kappa shape index (κ3) is 8.77. The van der Waals surface area contributed by atoms with E-state index in [4.69, 9.17) is 15.6 Å². The molecule has 1 rings (SSSR count). The molecular weight excluding hydrogens is 298 g/mol. The average Bonchev–Trinajstić information content (AvgIpc) is 2.53. The highest BCUT2D eigenvalue weighted by Crippen LogP contribution is 2.12. The molecular formula is C21H32NO2+. The summed E-state index contributed by atoms with van der Waals surface area (Å²) >= 11 is 0. The van der Waals surface area contributed by atoms with Crippen molar-refractivity contribution >= 4 is 5.78 Å². The summed E-state index contributed by atoms with van der Waals surface area (Å²) in [5, 5.41) is 0. The molecule has 1 aliphatic carbocycles. The van der Waals surface area contributed by atoms with Gasteiger partial charge in [0.25, 0.3) is 5.78 Å². The van der Waals surface area contributed by atoms with Crippen LogP contribution in [0.25, 0.3) is 0 Å². The minimum atomic E-state index is 0.601. The summed E-state index contributed by atoms with van der Waals surface area (Å²) in [6, 6.07) is 0. The summed E-state index contributed by atoms with van der Waals surface area (Å²) in [4.78, 5) is 0. The summed E-state index contributed by atoms with van der Waals surface area (Å²) in [6.07, 6.45) is 18.4. The van der Waals surface area contributed by atoms with Crippen LogP contribution in [-0.4, -0.2) is 51.2 Å². The number of ether oxygens (including phenoxy) is 1. The predicted octanol–water partition coefficient (Wildman–Crippen LogP) is 3.74. The molecule has 0 N–H and O–H groups in total. The van der Waals surface area contributed by atoms with Crippen molar-refractivity contribution in [2.45, 2.75) is 45.4 Å². The molecule has 0 radical (unpaired) electrons. The first kappa shape index (κ1) is 20.3. The van der Waals surface area contributed by atoms with Gasteiger partial charge in [-0.15, -0.1) is 0 Å². The molecule has 0 aromatic heterocycles. The van der Waals surface area contributed by atoms with Crippen molar-refractivity contribution in [2.24, 2.45) is 0 Å². The second-order valence-corrected chi connectivity index (χ2v) is 7.18. The summed E-state index contributed by atoms with van der Waals surface area (Å²) in [5.74, 6) is 3.74. The van der Waals surface area contributed by atoms with Crippen molar-refractivity contribution in [3.63, 3.8) is 0 Å². The molecule has 0 saturated heterocycles. The topological polar surface area (TPSA) is 20.5 Å². The quantitative estimate of drug-likeness (QED) is 0.141.